The summed E-state index contributed by atoms with van der Waals surface area (Å²) < 4.78 is 0. The zero-order valence-corrected chi connectivity index (χ0v) is 13.0. The van der Waals surface area contributed by atoms with Gasteiger partial charge in [-0.05, 0) is 63.2 Å². The number of rotatable bonds is 7. The van der Waals surface area contributed by atoms with E-state index in [-0.39, 0.29) is 11.8 Å². The van der Waals surface area contributed by atoms with E-state index >= 15 is 0 Å². The number of anilines is 1. The number of nitrogens with one attached hydrogen (secondary N) is 2. The molecule has 1 aliphatic rings. The first-order chi connectivity index (χ1) is 10.3. The number of hydrogen-bond acceptors (Lipinski definition) is 3. The summed E-state index contributed by atoms with van der Waals surface area (Å²) in [6.45, 7) is 4.45. The van der Waals surface area contributed by atoms with E-state index in [1.54, 1.807) is 12.4 Å². The Labute approximate surface area is 127 Å². The van der Waals surface area contributed by atoms with Crippen LogP contribution in [-0.2, 0) is 4.79 Å². The first-order valence-corrected chi connectivity index (χ1v) is 8.21. The van der Waals surface area contributed by atoms with Gasteiger partial charge in [0.25, 0.3) is 0 Å². The molecule has 1 fully saturated rings. The van der Waals surface area contributed by atoms with Crippen LogP contribution in [0.1, 0.15) is 45.4 Å². The number of amides is 1. The van der Waals surface area contributed by atoms with Crippen molar-refractivity contribution in [3.05, 3.63) is 24.5 Å². The summed E-state index contributed by atoms with van der Waals surface area (Å²) in [5, 5.41) is 6.52. The smallest absolute Gasteiger partial charge is 0.227 e. The maximum absolute atomic E-state index is 12.2. The second kappa shape index (κ2) is 8.78. The van der Waals surface area contributed by atoms with Gasteiger partial charge in [0.05, 0.1) is 0 Å². The monoisotopic (exact) mass is 289 g/mol. The average molecular weight is 289 g/mol. The van der Waals surface area contributed by atoms with Gasteiger partial charge in [0, 0.05) is 24.0 Å². The van der Waals surface area contributed by atoms with Crippen LogP contribution in [0, 0.1) is 11.8 Å². The third-order valence-corrected chi connectivity index (χ3v) is 4.31. The van der Waals surface area contributed by atoms with Gasteiger partial charge in [-0.15, -0.1) is 0 Å². The minimum Gasteiger partial charge on any atom is -0.326 e. The SMILES string of the molecule is CCCCNCC1CCC(C(=O)Nc2ccncc2)CC1. The maximum atomic E-state index is 12.2. The van der Waals surface area contributed by atoms with Crippen LogP contribution < -0.4 is 10.6 Å². The number of nitrogens with zero attached hydrogens (tertiary/aromatic N) is 1. The molecular weight excluding hydrogens is 262 g/mol. The highest BCUT2D eigenvalue weighted by Crippen LogP contribution is 2.29. The van der Waals surface area contributed by atoms with E-state index in [1.165, 1.54) is 12.8 Å². The standard InChI is InChI=1S/C17H27N3O/c1-2-3-10-19-13-14-4-6-15(7-5-14)17(21)20-16-8-11-18-12-9-16/h8-9,11-12,14-15,19H,2-7,10,13H2,1H3,(H,18,20,21). The summed E-state index contributed by atoms with van der Waals surface area (Å²) in [4.78, 5) is 16.2. The number of carbonyl (C=O) groups excluding carboxylic acids is 1. The molecule has 0 unspecified atom stereocenters. The molecule has 2 rings (SSSR count). The molecule has 1 aromatic heterocycles. The fourth-order valence-corrected chi connectivity index (χ4v) is 2.92. The van der Waals surface area contributed by atoms with Crippen molar-refractivity contribution in [3.63, 3.8) is 0 Å². The molecule has 0 aliphatic heterocycles. The Hall–Kier alpha value is -1.42. The lowest BCUT2D eigenvalue weighted by molar-refractivity contribution is -0.121. The van der Waals surface area contributed by atoms with E-state index in [0.29, 0.717) is 0 Å². The second-order valence-corrected chi connectivity index (χ2v) is 6.00. The van der Waals surface area contributed by atoms with Gasteiger partial charge in [0.2, 0.25) is 5.91 Å². The summed E-state index contributed by atoms with van der Waals surface area (Å²) in [6, 6.07) is 3.67. The van der Waals surface area contributed by atoms with Crippen LogP contribution in [0.2, 0.25) is 0 Å². The van der Waals surface area contributed by atoms with Crippen LogP contribution in [0.3, 0.4) is 0 Å². The highest BCUT2D eigenvalue weighted by atomic mass is 16.1. The molecule has 0 atom stereocenters. The second-order valence-electron chi connectivity index (χ2n) is 6.00. The molecule has 2 N–H and O–H groups in total. The summed E-state index contributed by atoms with van der Waals surface area (Å²) in [7, 11) is 0. The zero-order chi connectivity index (χ0) is 14.9. The van der Waals surface area contributed by atoms with Crippen molar-refractivity contribution in [2.45, 2.75) is 45.4 Å². The average Bonchev–Trinajstić information content (AvgIpc) is 2.53. The van der Waals surface area contributed by atoms with Gasteiger partial charge in [-0.3, -0.25) is 9.78 Å². The maximum Gasteiger partial charge on any atom is 0.227 e. The Bertz CT molecular complexity index is 413. The van der Waals surface area contributed by atoms with E-state index in [9.17, 15) is 4.79 Å². The minimum absolute atomic E-state index is 0.165. The normalized spacial score (nSPS) is 22.0. The molecule has 0 spiro atoms. The molecule has 0 aromatic carbocycles. The van der Waals surface area contributed by atoms with Gasteiger partial charge in [0.15, 0.2) is 0 Å². The molecule has 1 aliphatic carbocycles. The quantitative estimate of drug-likeness (QED) is 0.758. The van der Waals surface area contributed by atoms with E-state index in [1.807, 2.05) is 12.1 Å². The molecule has 1 heterocycles. The van der Waals surface area contributed by atoms with E-state index in [2.05, 4.69) is 22.5 Å². The Morgan fingerprint density at radius 1 is 1.24 bits per heavy atom. The van der Waals surface area contributed by atoms with Crippen LogP contribution in [-0.4, -0.2) is 24.0 Å². The van der Waals surface area contributed by atoms with Crippen LogP contribution in [0.4, 0.5) is 5.69 Å². The molecule has 0 bridgehead atoms. The van der Waals surface area contributed by atoms with Crippen LogP contribution >= 0.6 is 0 Å². The fourth-order valence-electron chi connectivity index (χ4n) is 2.92. The van der Waals surface area contributed by atoms with Gasteiger partial charge in [-0.25, -0.2) is 0 Å². The number of unbranched alkanes of at least 4 members (excludes halogenated alkanes) is 1. The topological polar surface area (TPSA) is 54.0 Å². The third kappa shape index (κ3) is 5.46. The van der Waals surface area contributed by atoms with E-state index < -0.39 is 0 Å². The first-order valence-electron chi connectivity index (χ1n) is 8.21. The fraction of sp³-hybridized carbons (Fsp3) is 0.647. The van der Waals surface area contributed by atoms with Gasteiger partial charge in [0.1, 0.15) is 0 Å². The lowest BCUT2D eigenvalue weighted by Crippen LogP contribution is -2.31. The van der Waals surface area contributed by atoms with E-state index in [0.717, 1.165) is 50.4 Å². The lowest BCUT2D eigenvalue weighted by atomic mass is 9.81. The van der Waals surface area contributed by atoms with Gasteiger partial charge >= 0.3 is 0 Å². The van der Waals surface area contributed by atoms with Crippen LogP contribution in [0.5, 0.6) is 0 Å². The Morgan fingerprint density at radius 3 is 2.62 bits per heavy atom. The molecule has 0 radical (unpaired) electrons. The number of aromatic nitrogens is 1. The molecule has 0 saturated heterocycles. The highest BCUT2D eigenvalue weighted by Gasteiger charge is 2.26. The molecule has 1 amide bonds. The van der Waals surface area contributed by atoms with Crippen molar-refractivity contribution in [1.29, 1.82) is 0 Å². The zero-order valence-electron chi connectivity index (χ0n) is 13.0. The van der Waals surface area contributed by atoms with Gasteiger partial charge in [-0.1, -0.05) is 13.3 Å². The van der Waals surface area contributed by atoms with Crippen molar-refractivity contribution in [2.75, 3.05) is 18.4 Å². The van der Waals surface area contributed by atoms with Crippen molar-refractivity contribution < 1.29 is 4.79 Å². The van der Waals surface area contributed by atoms with Crippen LogP contribution in [0.15, 0.2) is 24.5 Å². The first kappa shape index (κ1) is 16.0. The molecular formula is C17H27N3O. The summed E-state index contributed by atoms with van der Waals surface area (Å²) in [5.41, 5.74) is 0.846. The molecule has 1 aromatic rings. The predicted octanol–water partition coefficient (Wildman–Crippen LogP) is 3.22. The Morgan fingerprint density at radius 2 is 1.95 bits per heavy atom. The lowest BCUT2D eigenvalue weighted by Gasteiger charge is -2.28. The Balaban J connectivity index is 1.67. The molecule has 116 valence electrons. The largest absolute Gasteiger partial charge is 0.326 e. The molecule has 1 saturated carbocycles. The highest BCUT2D eigenvalue weighted by molar-refractivity contribution is 5.92. The van der Waals surface area contributed by atoms with Crippen molar-refractivity contribution in [3.8, 4) is 0 Å². The van der Waals surface area contributed by atoms with E-state index in [4.69, 9.17) is 0 Å². The van der Waals surface area contributed by atoms with Gasteiger partial charge < -0.3 is 10.6 Å². The third-order valence-electron chi connectivity index (χ3n) is 4.31. The predicted molar refractivity (Wildman–Crippen MR) is 86.1 cm³/mol. The number of pyridine rings is 1. The molecule has 21 heavy (non-hydrogen) atoms. The number of carbonyl (C=O) groups is 1. The summed E-state index contributed by atoms with van der Waals surface area (Å²) in [5.74, 6) is 1.08. The van der Waals surface area contributed by atoms with Crippen LogP contribution in [0.25, 0.3) is 0 Å². The van der Waals surface area contributed by atoms with Crippen molar-refractivity contribution in [2.24, 2.45) is 11.8 Å². The van der Waals surface area contributed by atoms with Gasteiger partial charge in [-0.2, -0.15) is 0 Å². The minimum atomic E-state index is 0.165. The van der Waals surface area contributed by atoms with Crippen molar-refractivity contribution >= 4 is 11.6 Å². The molecule has 4 heteroatoms. The van der Waals surface area contributed by atoms with Crippen molar-refractivity contribution in [1.82, 2.24) is 10.3 Å². The number of hydrogen-bond donors (Lipinski definition) is 2. The summed E-state index contributed by atoms with van der Waals surface area (Å²) in [6.07, 6.45) is 10.2. The Kier molecular flexibility index (Phi) is 6.67. The summed E-state index contributed by atoms with van der Waals surface area (Å²) >= 11 is 0. The molecule has 4 nitrogen and oxygen atoms in total.